The number of hydrogen-bond acceptors (Lipinski definition) is 5. The topological polar surface area (TPSA) is 88.3 Å². The van der Waals surface area contributed by atoms with Crippen molar-refractivity contribution in [2.75, 3.05) is 5.32 Å². The number of aliphatic hydroxyl groups excluding tert-OH is 1. The number of anilines is 1. The molecule has 0 amide bonds. The fourth-order valence-electron chi connectivity index (χ4n) is 2.74. The lowest BCUT2D eigenvalue weighted by Crippen LogP contribution is -2.56. The van der Waals surface area contributed by atoms with E-state index >= 15 is 0 Å². The van der Waals surface area contributed by atoms with Crippen LogP contribution in [0.5, 0.6) is 0 Å². The summed E-state index contributed by atoms with van der Waals surface area (Å²) in [5.74, 6) is 0. The van der Waals surface area contributed by atoms with Crippen LogP contribution in [-0.4, -0.2) is 27.2 Å². The van der Waals surface area contributed by atoms with Gasteiger partial charge in [0.25, 0.3) is 0 Å². The lowest BCUT2D eigenvalue weighted by atomic mass is 9.64. The lowest BCUT2D eigenvalue weighted by molar-refractivity contribution is -0.384. The lowest BCUT2D eigenvalue weighted by Gasteiger charge is -2.49. The summed E-state index contributed by atoms with van der Waals surface area (Å²) in [6.07, 6.45) is 1.48. The molecule has 1 aromatic heterocycles. The van der Waals surface area contributed by atoms with Crippen molar-refractivity contribution in [3.63, 3.8) is 0 Å². The Kier molecular flexibility index (Phi) is 3.06. The average molecular weight is 287 g/mol. The monoisotopic (exact) mass is 287 g/mol. The van der Waals surface area contributed by atoms with Gasteiger partial charge in [0.05, 0.1) is 16.5 Å². The molecule has 2 atom stereocenters. The first kappa shape index (κ1) is 13.8. The van der Waals surface area contributed by atoms with Crippen LogP contribution in [0.2, 0.25) is 0 Å². The normalized spacial score (nSPS) is 23.6. The molecule has 110 valence electrons. The van der Waals surface area contributed by atoms with E-state index in [9.17, 15) is 15.2 Å². The van der Waals surface area contributed by atoms with Gasteiger partial charge in [-0.05, 0) is 12.5 Å². The first-order valence-electron chi connectivity index (χ1n) is 6.88. The highest BCUT2D eigenvalue weighted by molar-refractivity contribution is 5.95. The van der Waals surface area contributed by atoms with Crippen LogP contribution in [-0.2, 0) is 0 Å². The fraction of sp³-hybridized carbons (Fsp3) is 0.400. The van der Waals surface area contributed by atoms with E-state index in [0.29, 0.717) is 17.6 Å². The first-order chi connectivity index (χ1) is 9.91. The number of benzene rings is 1. The van der Waals surface area contributed by atoms with Gasteiger partial charge in [-0.1, -0.05) is 32.0 Å². The number of aliphatic hydroxyl groups is 1. The minimum Gasteiger partial charge on any atom is -0.392 e. The molecule has 1 aromatic carbocycles. The summed E-state index contributed by atoms with van der Waals surface area (Å²) in [5, 5.41) is 25.1. The maximum atomic E-state index is 11.3. The predicted octanol–water partition coefficient (Wildman–Crippen LogP) is 2.71. The van der Waals surface area contributed by atoms with E-state index in [1.807, 2.05) is 38.1 Å². The van der Waals surface area contributed by atoms with E-state index in [2.05, 4.69) is 10.3 Å². The molecular formula is C15H17N3O3. The number of nitrogens with zero attached hydrogens (tertiary/aromatic N) is 2. The third kappa shape index (κ3) is 2.12. The van der Waals surface area contributed by atoms with Crippen molar-refractivity contribution in [1.29, 1.82) is 0 Å². The molecule has 1 fully saturated rings. The van der Waals surface area contributed by atoms with Crippen molar-refractivity contribution in [2.45, 2.75) is 32.4 Å². The van der Waals surface area contributed by atoms with Crippen molar-refractivity contribution in [3.8, 4) is 0 Å². The van der Waals surface area contributed by atoms with Gasteiger partial charge in [0.1, 0.15) is 11.9 Å². The Bertz CT molecular complexity index is 714. The second-order valence-electron chi connectivity index (χ2n) is 6.06. The van der Waals surface area contributed by atoms with E-state index in [4.69, 9.17) is 0 Å². The molecular weight excluding hydrogens is 270 g/mol. The highest BCUT2D eigenvalue weighted by atomic mass is 16.6. The Morgan fingerprint density at radius 1 is 1.43 bits per heavy atom. The molecule has 1 heterocycles. The SMILES string of the molecule is CC1(C)C(O)CC1Nc1c([N+](=O)[O-])cnc2ccccc12. The van der Waals surface area contributed by atoms with Crippen LogP contribution >= 0.6 is 0 Å². The van der Waals surface area contributed by atoms with E-state index in [-0.39, 0.29) is 23.2 Å². The highest BCUT2D eigenvalue weighted by Crippen LogP contribution is 2.44. The molecule has 2 unspecified atom stereocenters. The standard InChI is InChI=1S/C15H17N3O3/c1-15(2)12(7-13(15)19)17-14-9-5-3-4-6-10(9)16-8-11(14)18(20)21/h3-6,8,12-13,19H,7H2,1-2H3,(H,16,17). The molecule has 1 saturated carbocycles. The molecule has 1 aliphatic rings. The Morgan fingerprint density at radius 3 is 2.76 bits per heavy atom. The van der Waals surface area contributed by atoms with Crippen molar-refractivity contribution in [1.82, 2.24) is 4.98 Å². The Labute approximate surface area is 122 Å². The van der Waals surface area contributed by atoms with Gasteiger partial charge in [-0.2, -0.15) is 0 Å². The van der Waals surface area contributed by atoms with Crippen molar-refractivity contribution in [2.24, 2.45) is 5.41 Å². The summed E-state index contributed by atoms with van der Waals surface area (Å²) >= 11 is 0. The average Bonchev–Trinajstić information content (AvgIpc) is 2.46. The van der Waals surface area contributed by atoms with Crippen LogP contribution in [0.15, 0.2) is 30.5 Å². The van der Waals surface area contributed by atoms with E-state index in [0.717, 1.165) is 5.39 Å². The zero-order chi connectivity index (χ0) is 15.2. The van der Waals surface area contributed by atoms with E-state index < -0.39 is 4.92 Å². The third-order valence-electron chi connectivity index (χ3n) is 4.49. The minimum atomic E-state index is -0.427. The van der Waals surface area contributed by atoms with Gasteiger partial charge in [-0.3, -0.25) is 10.1 Å². The Morgan fingerprint density at radius 2 is 2.14 bits per heavy atom. The first-order valence-corrected chi connectivity index (χ1v) is 6.88. The quantitative estimate of drug-likeness (QED) is 0.669. The zero-order valence-electron chi connectivity index (χ0n) is 11.9. The highest BCUT2D eigenvalue weighted by Gasteiger charge is 2.47. The van der Waals surface area contributed by atoms with E-state index in [1.54, 1.807) is 0 Å². The molecule has 0 spiro atoms. The number of nitrogens with one attached hydrogen (secondary N) is 1. The molecule has 6 heteroatoms. The maximum absolute atomic E-state index is 11.3. The predicted molar refractivity (Wildman–Crippen MR) is 80.2 cm³/mol. The number of para-hydroxylation sites is 1. The van der Waals surface area contributed by atoms with Gasteiger partial charge in [0.15, 0.2) is 0 Å². The molecule has 6 nitrogen and oxygen atoms in total. The number of nitro groups is 1. The van der Waals surface area contributed by atoms with Gasteiger partial charge >= 0.3 is 5.69 Å². The van der Waals surface area contributed by atoms with Crippen LogP contribution in [0, 0.1) is 15.5 Å². The molecule has 1 aliphatic carbocycles. The van der Waals surface area contributed by atoms with Gasteiger partial charge in [-0.15, -0.1) is 0 Å². The maximum Gasteiger partial charge on any atom is 0.311 e. The molecule has 21 heavy (non-hydrogen) atoms. The Balaban J connectivity index is 2.07. The molecule has 0 saturated heterocycles. The largest absolute Gasteiger partial charge is 0.392 e. The number of rotatable bonds is 3. The van der Waals surface area contributed by atoms with Crippen molar-refractivity contribution < 1.29 is 10.0 Å². The van der Waals surface area contributed by atoms with Crippen molar-refractivity contribution in [3.05, 3.63) is 40.6 Å². The summed E-state index contributed by atoms with van der Waals surface area (Å²) in [7, 11) is 0. The third-order valence-corrected chi connectivity index (χ3v) is 4.49. The summed E-state index contributed by atoms with van der Waals surface area (Å²) in [4.78, 5) is 15.0. The van der Waals surface area contributed by atoms with Gasteiger partial charge in [0.2, 0.25) is 0 Å². The van der Waals surface area contributed by atoms with E-state index in [1.165, 1.54) is 6.20 Å². The molecule has 3 rings (SSSR count). The summed E-state index contributed by atoms with van der Waals surface area (Å²) in [6.45, 7) is 3.90. The van der Waals surface area contributed by atoms with Crippen molar-refractivity contribution >= 4 is 22.3 Å². The molecule has 0 bridgehead atoms. The van der Waals surface area contributed by atoms with Crippen LogP contribution in [0.1, 0.15) is 20.3 Å². The Hall–Kier alpha value is -2.21. The second-order valence-corrected chi connectivity index (χ2v) is 6.06. The smallest absolute Gasteiger partial charge is 0.311 e. The number of hydrogen-bond donors (Lipinski definition) is 2. The summed E-state index contributed by atoms with van der Waals surface area (Å²) in [6, 6.07) is 7.32. The van der Waals surface area contributed by atoms with Crippen LogP contribution < -0.4 is 5.32 Å². The fourth-order valence-corrected chi connectivity index (χ4v) is 2.74. The molecule has 0 radical (unpaired) electrons. The van der Waals surface area contributed by atoms with Gasteiger partial charge in [-0.25, -0.2) is 4.98 Å². The van der Waals surface area contributed by atoms with Gasteiger partial charge < -0.3 is 10.4 Å². The molecule has 0 aliphatic heterocycles. The molecule has 2 aromatic rings. The second kappa shape index (κ2) is 4.66. The zero-order valence-corrected chi connectivity index (χ0v) is 11.9. The van der Waals surface area contributed by atoms with Crippen LogP contribution in [0.4, 0.5) is 11.4 Å². The van der Waals surface area contributed by atoms with Crippen LogP contribution in [0.3, 0.4) is 0 Å². The number of fused-ring (bicyclic) bond motifs is 1. The molecule has 2 N–H and O–H groups in total. The van der Waals surface area contributed by atoms with Gasteiger partial charge in [0, 0.05) is 16.8 Å². The number of pyridine rings is 1. The van der Waals surface area contributed by atoms with Crippen LogP contribution in [0.25, 0.3) is 10.9 Å². The summed E-state index contributed by atoms with van der Waals surface area (Å²) < 4.78 is 0. The minimum absolute atomic E-state index is 0.00277. The summed E-state index contributed by atoms with van der Waals surface area (Å²) in [5.41, 5.74) is 0.850. The number of aromatic nitrogens is 1.